The van der Waals surface area contributed by atoms with Crippen LogP contribution in [-0.2, 0) is 36.5 Å². The van der Waals surface area contributed by atoms with Crippen LogP contribution in [0.4, 0.5) is 0 Å². The molecule has 0 saturated carbocycles. The number of aryl methyl sites for hydroxylation is 3. The van der Waals surface area contributed by atoms with Crippen LogP contribution < -0.4 is 0 Å². The van der Waals surface area contributed by atoms with E-state index in [0.717, 1.165) is 64.6 Å². The summed E-state index contributed by atoms with van der Waals surface area (Å²) in [7, 11) is 0. The van der Waals surface area contributed by atoms with Gasteiger partial charge in [-0.1, -0.05) is 110 Å². The number of aromatic hydroxyl groups is 3. The average molecular weight is 517 g/mol. The van der Waals surface area contributed by atoms with E-state index in [1.54, 1.807) is 0 Å². The SMILES string of the molecule is CCCc1cc(Cc2cc(C)cc(Cc3cc(CCC)cc(C(C)(C)C)c3O)c2O)c(O)c(C(C)(C)C)c1. The number of benzene rings is 3. The number of phenols is 3. The maximum atomic E-state index is 11.5. The molecule has 0 fully saturated rings. The molecule has 3 nitrogen and oxygen atoms in total. The lowest BCUT2D eigenvalue weighted by Gasteiger charge is -2.24. The quantitative estimate of drug-likeness (QED) is 0.280. The van der Waals surface area contributed by atoms with E-state index in [9.17, 15) is 15.3 Å². The highest BCUT2D eigenvalue weighted by molar-refractivity contribution is 5.55. The third kappa shape index (κ3) is 6.73. The lowest BCUT2D eigenvalue weighted by molar-refractivity contribution is 0.438. The smallest absolute Gasteiger partial charge is 0.122 e. The highest BCUT2D eigenvalue weighted by Crippen LogP contribution is 2.40. The molecule has 0 radical (unpaired) electrons. The molecule has 0 aliphatic rings. The molecule has 0 aromatic heterocycles. The fraction of sp³-hybridized carbons (Fsp3) is 0.486. The molecule has 0 amide bonds. The molecule has 38 heavy (non-hydrogen) atoms. The van der Waals surface area contributed by atoms with Crippen LogP contribution in [-0.4, -0.2) is 15.3 Å². The van der Waals surface area contributed by atoms with Crippen molar-refractivity contribution in [1.29, 1.82) is 0 Å². The molecule has 0 aliphatic heterocycles. The summed E-state index contributed by atoms with van der Waals surface area (Å²) in [5.41, 5.74) is 8.27. The topological polar surface area (TPSA) is 60.7 Å². The molecule has 0 aliphatic carbocycles. The van der Waals surface area contributed by atoms with Crippen molar-refractivity contribution in [2.24, 2.45) is 0 Å². The van der Waals surface area contributed by atoms with E-state index >= 15 is 0 Å². The lowest BCUT2D eigenvalue weighted by Crippen LogP contribution is -2.13. The predicted molar refractivity (Wildman–Crippen MR) is 160 cm³/mol. The van der Waals surface area contributed by atoms with Gasteiger partial charge in [-0.05, 0) is 75.1 Å². The highest BCUT2D eigenvalue weighted by Gasteiger charge is 2.24. The molecule has 3 aromatic rings. The van der Waals surface area contributed by atoms with Crippen LogP contribution in [0.3, 0.4) is 0 Å². The zero-order valence-electron chi connectivity index (χ0n) is 25.0. The molecule has 3 aromatic carbocycles. The summed E-state index contributed by atoms with van der Waals surface area (Å²) < 4.78 is 0. The van der Waals surface area contributed by atoms with Gasteiger partial charge in [0.2, 0.25) is 0 Å². The molecule has 0 unspecified atom stereocenters. The summed E-state index contributed by atoms with van der Waals surface area (Å²) >= 11 is 0. The zero-order valence-corrected chi connectivity index (χ0v) is 25.0. The monoisotopic (exact) mass is 516 g/mol. The van der Waals surface area contributed by atoms with Crippen LogP contribution >= 0.6 is 0 Å². The van der Waals surface area contributed by atoms with Crippen LogP contribution in [0.5, 0.6) is 17.2 Å². The Labute approximate surface area is 230 Å². The van der Waals surface area contributed by atoms with Crippen molar-refractivity contribution in [2.75, 3.05) is 0 Å². The second kappa shape index (κ2) is 11.4. The van der Waals surface area contributed by atoms with Gasteiger partial charge in [0.1, 0.15) is 17.2 Å². The van der Waals surface area contributed by atoms with E-state index in [1.807, 2.05) is 19.1 Å². The molecule has 3 heteroatoms. The molecule has 0 heterocycles. The van der Waals surface area contributed by atoms with Crippen LogP contribution in [0.2, 0.25) is 0 Å². The fourth-order valence-corrected chi connectivity index (χ4v) is 5.41. The Kier molecular flexibility index (Phi) is 8.91. The van der Waals surface area contributed by atoms with E-state index in [1.165, 1.54) is 11.1 Å². The van der Waals surface area contributed by atoms with Gasteiger partial charge in [-0.15, -0.1) is 0 Å². The largest absolute Gasteiger partial charge is 0.507 e. The Morgan fingerprint density at radius 2 is 0.868 bits per heavy atom. The first-order chi connectivity index (χ1) is 17.6. The molecule has 0 saturated heterocycles. The first-order valence-corrected chi connectivity index (χ1v) is 14.2. The first kappa shape index (κ1) is 29.6. The van der Waals surface area contributed by atoms with Gasteiger partial charge in [0.25, 0.3) is 0 Å². The van der Waals surface area contributed by atoms with E-state index in [0.29, 0.717) is 24.3 Å². The Balaban J connectivity index is 2.09. The van der Waals surface area contributed by atoms with E-state index in [2.05, 4.69) is 79.7 Å². The van der Waals surface area contributed by atoms with Crippen molar-refractivity contribution < 1.29 is 15.3 Å². The minimum atomic E-state index is -0.186. The molecular formula is C35H48O3. The predicted octanol–water partition coefficient (Wildman–Crippen LogP) is 8.79. The van der Waals surface area contributed by atoms with Crippen molar-refractivity contribution in [2.45, 2.75) is 112 Å². The van der Waals surface area contributed by atoms with Gasteiger partial charge in [-0.2, -0.15) is 0 Å². The summed E-state index contributed by atoms with van der Waals surface area (Å²) in [4.78, 5) is 0. The summed E-state index contributed by atoms with van der Waals surface area (Å²) in [6.07, 6.45) is 4.86. The second-order valence-electron chi connectivity index (χ2n) is 13.1. The Morgan fingerprint density at radius 3 is 1.18 bits per heavy atom. The molecular weight excluding hydrogens is 468 g/mol. The van der Waals surface area contributed by atoms with Crippen LogP contribution in [0, 0.1) is 6.92 Å². The first-order valence-electron chi connectivity index (χ1n) is 14.2. The summed E-state index contributed by atoms with van der Waals surface area (Å²) in [5, 5.41) is 34.0. The highest BCUT2D eigenvalue weighted by atomic mass is 16.3. The number of rotatable bonds is 8. The normalized spacial score (nSPS) is 12.2. The number of hydrogen-bond acceptors (Lipinski definition) is 3. The van der Waals surface area contributed by atoms with E-state index in [4.69, 9.17) is 0 Å². The summed E-state index contributed by atoms with van der Waals surface area (Å²) in [5.74, 6) is 0.880. The zero-order chi connectivity index (χ0) is 28.4. The molecule has 0 spiro atoms. The molecule has 0 atom stereocenters. The van der Waals surface area contributed by atoms with Gasteiger partial charge >= 0.3 is 0 Å². The molecule has 3 N–H and O–H groups in total. The van der Waals surface area contributed by atoms with Crippen LogP contribution in [0.25, 0.3) is 0 Å². The minimum Gasteiger partial charge on any atom is -0.507 e. The Bertz CT molecular complexity index is 1190. The van der Waals surface area contributed by atoms with Crippen LogP contribution in [0.15, 0.2) is 36.4 Å². The lowest BCUT2D eigenvalue weighted by atomic mass is 9.82. The van der Waals surface area contributed by atoms with Gasteiger partial charge in [0, 0.05) is 12.8 Å². The van der Waals surface area contributed by atoms with Crippen molar-refractivity contribution >= 4 is 0 Å². The van der Waals surface area contributed by atoms with Crippen molar-refractivity contribution in [3.05, 3.63) is 86.5 Å². The Morgan fingerprint density at radius 1 is 0.526 bits per heavy atom. The minimum absolute atomic E-state index is 0.186. The van der Waals surface area contributed by atoms with Crippen molar-refractivity contribution in [3.8, 4) is 17.2 Å². The summed E-state index contributed by atoms with van der Waals surface area (Å²) in [6.45, 7) is 19.1. The van der Waals surface area contributed by atoms with E-state index in [-0.39, 0.29) is 16.6 Å². The Hall–Kier alpha value is -2.94. The van der Waals surface area contributed by atoms with Gasteiger partial charge in [0.05, 0.1) is 0 Å². The number of hydrogen-bond donors (Lipinski definition) is 3. The molecule has 206 valence electrons. The van der Waals surface area contributed by atoms with Gasteiger partial charge < -0.3 is 15.3 Å². The standard InChI is InChI=1S/C35H48O3/c1-10-12-23-16-27(32(37)29(18-23)34(4,5)6)20-25-14-22(3)15-26(31(25)36)21-28-17-24(13-11-2)19-30(33(28)38)35(7,8)9/h14-19,36-38H,10-13,20-21H2,1-9H3. The van der Waals surface area contributed by atoms with Crippen molar-refractivity contribution in [1.82, 2.24) is 0 Å². The molecule has 3 rings (SSSR count). The maximum Gasteiger partial charge on any atom is 0.122 e. The third-order valence-corrected chi connectivity index (χ3v) is 7.36. The second-order valence-corrected chi connectivity index (χ2v) is 13.1. The van der Waals surface area contributed by atoms with Gasteiger partial charge in [0.15, 0.2) is 0 Å². The van der Waals surface area contributed by atoms with E-state index < -0.39 is 0 Å². The van der Waals surface area contributed by atoms with Crippen LogP contribution in [0.1, 0.15) is 118 Å². The van der Waals surface area contributed by atoms with Gasteiger partial charge in [-0.3, -0.25) is 0 Å². The fourth-order valence-electron chi connectivity index (χ4n) is 5.41. The summed E-state index contributed by atoms with van der Waals surface area (Å²) in [6, 6.07) is 12.5. The average Bonchev–Trinajstić information content (AvgIpc) is 2.79. The van der Waals surface area contributed by atoms with Crippen molar-refractivity contribution in [3.63, 3.8) is 0 Å². The third-order valence-electron chi connectivity index (χ3n) is 7.36. The number of phenolic OH excluding ortho intramolecular Hbond substituents is 3. The molecule has 0 bridgehead atoms. The van der Waals surface area contributed by atoms with Gasteiger partial charge in [-0.25, -0.2) is 0 Å². The maximum absolute atomic E-state index is 11.5.